The second-order valence-electron chi connectivity index (χ2n) is 4.24. The maximum atomic E-state index is 4.61. The van der Waals surface area contributed by atoms with Gasteiger partial charge >= 0.3 is 0 Å². The lowest BCUT2D eigenvalue weighted by molar-refractivity contribution is 0.588. The SMILES string of the molecule is CCn1nc(CCCNC)cc1C(C)C. The fourth-order valence-corrected chi connectivity index (χ4v) is 1.77. The van der Waals surface area contributed by atoms with Crippen molar-refractivity contribution in [1.82, 2.24) is 15.1 Å². The minimum absolute atomic E-state index is 0.565. The largest absolute Gasteiger partial charge is 0.320 e. The standard InChI is InChI=1S/C12H23N3/c1-5-15-12(10(2)3)9-11(14-15)7-6-8-13-4/h9-10,13H,5-8H2,1-4H3. The Morgan fingerprint density at radius 1 is 1.47 bits per heavy atom. The number of rotatable bonds is 6. The van der Waals surface area contributed by atoms with Gasteiger partial charge in [0, 0.05) is 12.2 Å². The van der Waals surface area contributed by atoms with E-state index in [9.17, 15) is 0 Å². The molecule has 1 aromatic heterocycles. The van der Waals surface area contributed by atoms with Crippen molar-refractivity contribution in [2.75, 3.05) is 13.6 Å². The van der Waals surface area contributed by atoms with Gasteiger partial charge in [0.15, 0.2) is 0 Å². The molecular formula is C12H23N3. The molecule has 0 saturated heterocycles. The zero-order valence-corrected chi connectivity index (χ0v) is 10.4. The summed E-state index contributed by atoms with van der Waals surface area (Å²) in [6.45, 7) is 8.63. The van der Waals surface area contributed by atoms with Crippen LogP contribution < -0.4 is 5.32 Å². The summed E-state index contributed by atoms with van der Waals surface area (Å²) < 4.78 is 2.12. The Morgan fingerprint density at radius 2 is 2.20 bits per heavy atom. The van der Waals surface area contributed by atoms with Crippen LogP contribution in [0.4, 0.5) is 0 Å². The van der Waals surface area contributed by atoms with Gasteiger partial charge in [0.2, 0.25) is 0 Å². The number of hydrogen-bond acceptors (Lipinski definition) is 2. The molecule has 3 nitrogen and oxygen atoms in total. The molecule has 0 aromatic carbocycles. The third-order valence-electron chi connectivity index (χ3n) is 2.61. The monoisotopic (exact) mass is 209 g/mol. The molecule has 1 rings (SSSR count). The summed E-state index contributed by atoms with van der Waals surface area (Å²) in [7, 11) is 1.99. The number of aromatic nitrogens is 2. The Kier molecular flexibility index (Phi) is 4.82. The van der Waals surface area contributed by atoms with Crippen LogP contribution in [0.3, 0.4) is 0 Å². The van der Waals surface area contributed by atoms with E-state index in [1.165, 1.54) is 11.4 Å². The lowest BCUT2D eigenvalue weighted by Crippen LogP contribution is -2.08. The van der Waals surface area contributed by atoms with Crippen LogP contribution >= 0.6 is 0 Å². The number of nitrogens with one attached hydrogen (secondary N) is 1. The molecule has 0 fully saturated rings. The summed E-state index contributed by atoms with van der Waals surface area (Å²) >= 11 is 0. The van der Waals surface area contributed by atoms with Gasteiger partial charge in [0.1, 0.15) is 0 Å². The van der Waals surface area contributed by atoms with Crippen molar-refractivity contribution in [3.8, 4) is 0 Å². The number of hydrogen-bond donors (Lipinski definition) is 1. The van der Waals surface area contributed by atoms with Gasteiger partial charge in [-0.15, -0.1) is 0 Å². The van der Waals surface area contributed by atoms with Crippen molar-refractivity contribution in [2.24, 2.45) is 0 Å². The van der Waals surface area contributed by atoms with Crippen molar-refractivity contribution in [3.05, 3.63) is 17.5 Å². The van der Waals surface area contributed by atoms with E-state index in [0.717, 1.165) is 25.9 Å². The van der Waals surface area contributed by atoms with Gasteiger partial charge in [-0.2, -0.15) is 5.10 Å². The third-order valence-corrected chi connectivity index (χ3v) is 2.61. The van der Waals surface area contributed by atoms with Crippen molar-refractivity contribution in [3.63, 3.8) is 0 Å². The smallest absolute Gasteiger partial charge is 0.0628 e. The molecule has 0 radical (unpaired) electrons. The Hall–Kier alpha value is -0.830. The van der Waals surface area contributed by atoms with Crippen LogP contribution in [-0.4, -0.2) is 23.4 Å². The topological polar surface area (TPSA) is 29.9 Å². The molecule has 0 amide bonds. The van der Waals surface area contributed by atoms with Crippen LogP contribution in [-0.2, 0) is 13.0 Å². The van der Waals surface area contributed by atoms with Crippen LogP contribution in [0.5, 0.6) is 0 Å². The van der Waals surface area contributed by atoms with E-state index >= 15 is 0 Å². The molecule has 3 heteroatoms. The predicted octanol–water partition coefficient (Wildman–Crippen LogP) is 2.18. The van der Waals surface area contributed by atoms with E-state index in [-0.39, 0.29) is 0 Å². The van der Waals surface area contributed by atoms with Crippen LogP contribution in [0.1, 0.15) is 44.5 Å². The van der Waals surface area contributed by atoms with Crippen LogP contribution in [0.2, 0.25) is 0 Å². The molecule has 1 aromatic rings. The molecule has 1 heterocycles. The van der Waals surface area contributed by atoms with E-state index in [0.29, 0.717) is 5.92 Å². The second-order valence-corrected chi connectivity index (χ2v) is 4.24. The molecule has 15 heavy (non-hydrogen) atoms. The summed E-state index contributed by atoms with van der Waals surface area (Å²) in [6.07, 6.45) is 2.24. The first kappa shape index (κ1) is 12.2. The number of aryl methyl sites for hydroxylation is 2. The van der Waals surface area contributed by atoms with Crippen LogP contribution in [0.15, 0.2) is 6.07 Å². The summed E-state index contributed by atoms with van der Waals surface area (Å²) in [5.41, 5.74) is 2.59. The van der Waals surface area contributed by atoms with Gasteiger partial charge in [-0.1, -0.05) is 13.8 Å². The van der Waals surface area contributed by atoms with Crippen LogP contribution in [0.25, 0.3) is 0 Å². The molecule has 0 aliphatic rings. The molecule has 0 saturated carbocycles. The van der Waals surface area contributed by atoms with Gasteiger partial charge in [0.25, 0.3) is 0 Å². The molecule has 0 unspecified atom stereocenters. The van der Waals surface area contributed by atoms with E-state index in [4.69, 9.17) is 0 Å². The van der Waals surface area contributed by atoms with Crippen molar-refractivity contribution in [1.29, 1.82) is 0 Å². The maximum absolute atomic E-state index is 4.61. The molecule has 0 bridgehead atoms. The Balaban J connectivity index is 2.65. The molecular weight excluding hydrogens is 186 g/mol. The first-order valence-electron chi connectivity index (χ1n) is 5.90. The van der Waals surface area contributed by atoms with Gasteiger partial charge < -0.3 is 5.32 Å². The Morgan fingerprint density at radius 3 is 2.67 bits per heavy atom. The zero-order valence-electron chi connectivity index (χ0n) is 10.4. The Bertz CT molecular complexity index is 289. The quantitative estimate of drug-likeness (QED) is 0.728. The average molecular weight is 209 g/mol. The van der Waals surface area contributed by atoms with E-state index in [2.05, 4.69) is 41.9 Å². The normalized spacial score (nSPS) is 11.3. The Labute approximate surface area is 92.9 Å². The number of nitrogens with zero attached hydrogens (tertiary/aromatic N) is 2. The van der Waals surface area contributed by atoms with Gasteiger partial charge in [-0.3, -0.25) is 4.68 Å². The van der Waals surface area contributed by atoms with Crippen molar-refractivity contribution in [2.45, 2.75) is 46.1 Å². The zero-order chi connectivity index (χ0) is 11.3. The summed E-state index contributed by atoms with van der Waals surface area (Å²) in [5, 5.41) is 7.77. The summed E-state index contributed by atoms with van der Waals surface area (Å²) in [6, 6.07) is 2.25. The lowest BCUT2D eigenvalue weighted by atomic mass is 10.1. The third kappa shape index (κ3) is 3.34. The van der Waals surface area contributed by atoms with E-state index < -0.39 is 0 Å². The first-order chi connectivity index (χ1) is 7.19. The molecule has 86 valence electrons. The van der Waals surface area contributed by atoms with E-state index in [1.807, 2.05) is 7.05 Å². The summed E-state index contributed by atoms with van der Waals surface area (Å²) in [4.78, 5) is 0. The van der Waals surface area contributed by atoms with Gasteiger partial charge in [-0.05, 0) is 45.3 Å². The molecule has 0 spiro atoms. The minimum Gasteiger partial charge on any atom is -0.320 e. The second kappa shape index (κ2) is 5.91. The molecule has 1 N–H and O–H groups in total. The highest BCUT2D eigenvalue weighted by Crippen LogP contribution is 2.16. The highest BCUT2D eigenvalue weighted by atomic mass is 15.3. The lowest BCUT2D eigenvalue weighted by Gasteiger charge is -2.06. The highest BCUT2D eigenvalue weighted by molar-refractivity contribution is 5.14. The summed E-state index contributed by atoms with van der Waals surface area (Å²) in [5.74, 6) is 0.565. The van der Waals surface area contributed by atoms with Crippen molar-refractivity contribution < 1.29 is 0 Å². The molecule has 0 atom stereocenters. The fourth-order valence-electron chi connectivity index (χ4n) is 1.77. The fraction of sp³-hybridized carbons (Fsp3) is 0.750. The molecule has 0 aliphatic carbocycles. The van der Waals surface area contributed by atoms with Crippen LogP contribution in [0, 0.1) is 0 Å². The van der Waals surface area contributed by atoms with Gasteiger partial charge in [0.05, 0.1) is 5.69 Å². The predicted molar refractivity (Wildman–Crippen MR) is 64.2 cm³/mol. The van der Waals surface area contributed by atoms with Gasteiger partial charge in [-0.25, -0.2) is 0 Å². The average Bonchev–Trinajstić information content (AvgIpc) is 2.62. The molecule has 0 aliphatic heterocycles. The van der Waals surface area contributed by atoms with E-state index in [1.54, 1.807) is 0 Å². The first-order valence-corrected chi connectivity index (χ1v) is 5.90. The minimum atomic E-state index is 0.565. The highest BCUT2D eigenvalue weighted by Gasteiger charge is 2.09. The maximum Gasteiger partial charge on any atom is 0.0628 e. The van der Waals surface area contributed by atoms with Crippen molar-refractivity contribution >= 4 is 0 Å².